The van der Waals surface area contributed by atoms with Crippen LogP contribution in [-0.4, -0.2) is 29.7 Å². The molecular weight excluding hydrogens is 324 g/mol. The predicted molar refractivity (Wildman–Crippen MR) is 79.4 cm³/mol. The lowest BCUT2D eigenvalue weighted by Gasteiger charge is -2.13. The Morgan fingerprint density at radius 3 is 2.50 bits per heavy atom. The summed E-state index contributed by atoms with van der Waals surface area (Å²) in [5.74, 6) is 1.30. The Labute approximate surface area is 125 Å². The van der Waals surface area contributed by atoms with Gasteiger partial charge in [0.15, 0.2) is 17.8 Å². The second-order valence-corrected chi connectivity index (χ2v) is 4.82. The molecule has 0 unspecified atom stereocenters. The number of aromatic nitrogens is 2. The number of aldehydes is 1. The molecule has 2 aromatic rings. The maximum atomic E-state index is 11.0. The lowest BCUT2D eigenvalue weighted by atomic mass is 10.1. The number of nitrogens with zero attached hydrogens (tertiary/aromatic N) is 1. The van der Waals surface area contributed by atoms with Crippen LogP contribution in [0.5, 0.6) is 11.5 Å². The second-order valence-electron chi connectivity index (χ2n) is 3.96. The second kappa shape index (κ2) is 6.56. The molecule has 0 amide bonds. The summed E-state index contributed by atoms with van der Waals surface area (Å²) in [7, 11) is 0. The highest BCUT2D eigenvalue weighted by Gasteiger charge is 2.15. The summed E-state index contributed by atoms with van der Waals surface area (Å²) in [6, 6.07) is 3.67. The summed E-state index contributed by atoms with van der Waals surface area (Å²) >= 11 is 3.49. The van der Waals surface area contributed by atoms with Gasteiger partial charge in [-0.25, -0.2) is 0 Å². The average molecular weight is 339 g/mol. The highest BCUT2D eigenvalue weighted by atomic mass is 79.9. The van der Waals surface area contributed by atoms with E-state index in [2.05, 4.69) is 26.1 Å². The summed E-state index contributed by atoms with van der Waals surface area (Å²) in [5, 5.41) is 6.72. The molecule has 0 radical (unpaired) electrons. The molecule has 0 spiro atoms. The Kier molecular flexibility index (Phi) is 4.79. The number of halogens is 1. The molecule has 0 atom stereocenters. The van der Waals surface area contributed by atoms with Gasteiger partial charge in [-0.3, -0.25) is 9.89 Å². The highest BCUT2D eigenvalue weighted by molar-refractivity contribution is 9.10. The summed E-state index contributed by atoms with van der Waals surface area (Å²) < 4.78 is 11.9. The third-order valence-corrected chi connectivity index (χ3v) is 3.35. The molecule has 1 N–H and O–H groups in total. The maximum Gasteiger partial charge on any atom is 0.162 e. The van der Waals surface area contributed by atoms with E-state index >= 15 is 0 Å². The van der Waals surface area contributed by atoms with Crippen LogP contribution in [0.2, 0.25) is 0 Å². The summed E-state index contributed by atoms with van der Waals surface area (Å²) in [4.78, 5) is 11.0. The lowest BCUT2D eigenvalue weighted by Crippen LogP contribution is -1.99. The van der Waals surface area contributed by atoms with Crippen molar-refractivity contribution < 1.29 is 14.3 Å². The number of ether oxygens (including phenoxy) is 2. The van der Waals surface area contributed by atoms with Gasteiger partial charge in [0, 0.05) is 10.0 Å². The Morgan fingerprint density at radius 1 is 1.25 bits per heavy atom. The number of rotatable bonds is 6. The molecule has 0 aliphatic rings. The van der Waals surface area contributed by atoms with E-state index in [0.29, 0.717) is 36.0 Å². The molecule has 1 heterocycles. The molecule has 5 nitrogen and oxygen atoms in total. The first-order valence-corrected chi connectivity index (χ1v) is 7.08. The minimum atomic E-state index is 0.498. The number of aromatic amines is 1. The molecule has 0 fully saturated rings. The Balaban J connectivity index is 2.54. The molecule has 0 bridgehead atoms. The number of hydrogen-bond donors (Lipinski definition) is 1. The van der Waals surface area contributed by atoms with Crippen molar-refractivity contribution >= 4 is 22.2 Å². The van der Waals surface area contributed by atoms with Crippen LogP contribution >= 0.6 is 15.9 Å². The number of nitrogens with one attached hydrogen (secondary N) is 1. The van der Waals surface area contributed by atoms with Gasteiger partial charge in [0.25, 0.3) is 0 Å². The zero-order chi connectivity index (χ0) is 14.5. The normalized spacial score (nSPS) is 10.3. The SMILES string of the molecule is CCOc1cc(Br)c(-c2[nH]ncc2C=O)cc1OCC. The van der Waals surface area contributed by atoms with Crippen molar-refractivity contribution in [3.63, 3.8) is 0 Å². The van der Waals surface area contributed by atoms with E-state index in [-0.39, 0.29) is 0 Å². The number of carbonyl (C=O) groups is 1. The van der Waals surface area contributed by atoms with Crippen molar-refractivity contribution in [2.24, 2.45) is 0 Å². The number of benzene rings is 1. The van der Waals surface area contributed by atoms with E-state index in [1.807, 2.05) is 26.0 Å². The van der Waals surface area contributed by atoms with Crippen molar-refractivity contribution in [1.82, 2.24) is 10.2 Å². The van der Waals surface area contributed by atoms with E-state index in [1.165, 1.54) is 6.20 Å². The standard InChI is InChI=1S/C14H15BrN2O3/c1-3-19-12-5-10(11(15)6-13(12)20-4-2)14-9(8-18)7-16-17-14/h5-8H,3-4H2,1-2H3,(H,16,17). The van der Waals surface area contributed by atoms with Gasteiger partial charge in [-0.1, -0.05) is 0 Å². The van der Waals surface area contributed by atoms with Gasteiger partial charge in [-0.2, -0.15) is 5.10 Å². The van der Waals surface area contributed by atoms with Crippen LogP contribution in [0.25, 0.3) is 11.3 Å². The lowest BCUT2D eigenvalue weighted by molar-refractivity contribution is 0.112. The molecule has 0 aliphatic heterocycles. The molecule has 6 heteroatoms. The van der Waals surface area contributed by atoms with Gasteiger partial charge in [0.05, 0.1) is 30.7 Å². The van der Waals surface area contributed by atoms with Crippen LogP contribution in [0.4, 0.5) is 0 Å². The highest BCUT2D eigenvalue weighted by Crippen LogP contribution is 2.38. The van der Waals surface area contributed by atoms with E-state index in [0.717, 1.165) is 16.3 Å². The van der Waals surface area contributed by atoms with Gasteiger partial charge in [0.1, 0.15) is 0 Å². The van der Waals surface area contributed by atoms with Crippen LogP contribution in [0.15, 0.2) is 22.8 Å². The van der Waals surface area contributed by atoms with E-state index < -0.39 is 0 Å². The molecule has 20 heavy (non-hydrogen) atoms. The van der Waals surface area contributed by atoms with Crippen LogP contribution in [-0.2, 0) is 0 Å². The third-order valence-electron chi connectivity index (χ3n) is 2.70. The van der Waals surface area contributed by atoms with Crippen LogP contribution in [0.3, 0.4) is 0 Å². The first-order valence-electron chi connectivity index (χ1n) is 6.29. The molecule has 1 aromatic carbocycles. The smallest absolute Gasteiger partial charge is 0.162 e. The Hall–Kier alpha value is -1.82. The quantitative estimate of drug-likeness (QED) is 0.819. The average Bonchev–Trinajstić information content (AvgIpc) is 2.90. The molecular formula is C14H15BrN2O3. The van der Waals surface area contributed by atoms with Crippen molar-refractivity contribution in [2.45, 2.75) is 13.8 Å². The van der Waals surface area contributed by atoms with Crippen molar-refractivity contribution in [2.75, 3.05) is 13.2 Å². The first-order chi connectivity index (χ1) is 9.71. The largest absolute Gasteiger partial charge is 0.490 e. The Bertz CT molecular complexity index is 610. The molecule has 0 saturated heterocycles. The predicted octanol–water partition coefficient (Wildman–Crippen LogP) is 3.45. The summed E-state index contributed by atoms with van der Waals surface area (Å²) in [6.07, 6.45) is 2.26. The molecule has 0 aliphatic carbocycles. The monoisotopic (exact) mass is 338 g/mol. The van der Waals surface area contributed by atoms with Crippen molar-refractivity contribution in [1.29, 1.82) is 0 Å². The van der Waals surface area contributed by atoms with Gasteiger partial charge in [-0.15, -0.1) is 0 Å². The molecule has 106 valence electrons. The third kappa shape index (κ3) is 2.85. The van der Waals surface area contributed by atoms with Crippen LogP contribution in [0.1, 0.15) is 24.2 Å². The zero-order valence-electron chi connectivity index (χ0n) is 11.3. The van der Waals surface area contributed by atoms with Crippen LogP contribution < -0.4 is 9.47 Å². The fraction of sp³-hybridized carbons (Fsp3) is 0.286. The Morgan fingerprint density at radius 2 is 1.90 bits per heavy atom. The maximum absolute atomic E-state index is 11.0. The van der Waals surface area contributed by atoms with E-state index in [4.69, 9.17) is 9.47 Å². The summed E-state index contributed by atoms with van der Waals surface area (Å²) in [5.41, 5.74) is 1.95. The fourth-order valence-corrected chi connectivity index (χ4v) is 2.38. The molecule has 0 saturated carbocycles. The minimum Gasteiger partial charge on any atom is -0.490 e. The van der Waals surface area contributed by atoms with Gasteiger partial charge < -0.3 is 9.47 Å². The first kappa shape index (κ1) is 14.6. The number of carbonyl (C=O) groups excluding carboxylic acids is 1. The van der Waals surface area contributed by atoms with E-state index in [1.54, 1.807) is 0 Å². The van der Waals surface area contributed by atoms with Gasteiger partial charge in [0.2, 0.25) is 0 Å². The van der Waals surface area contributed by atoms with Crippen molar-refractivity contribution in [3.8, 4) is 22.8 Å². The summed E-state index contributed by atoms with van der Waals surface area (Å²) in [6.45, 7) is 4.90. The van der Waals surface area contributed by atoms with Gasteiger partial charge in [-0.05, 0) is 41.9 Å². The van der Waals surface area contributed by atoms with Gasteiger partial charge >= 0.3 is 0 Å². The van der Waals surface area contributed by atoms with Crippen LogP contribution in [0, 0.1) is 0 Å². The molecule has 2 rings (SSSR count). The fourth-order valence-electron chi connectivity index (χ4n) is 1.86. The topological polar surface area (TPSA) is 64.2 Å². The molecule has 1 aromatic heterocycles. The number of H-pyrrole nitrogens is 1. The van der Waals surface area contributed by atoms with E-state index in [9.17, 15) is 4.79 Å². The van der Waals surface area contributed by atoms with Crippen molar-refractivity contribution in [3.05, 3.63) is 28.4 Å². The number of hydrogen-bond acceptors (Lipinski definition) is 4. The zero-order valence-corrected chi connectivity index (χ0v) is 12.9. The minimum absolute atomic E-state index is 0.498.